The van der Waals surface area contributed by atoms with Crippen LogP contribution in [0, 0.1) is 0 Å². The van der Waals surface area contributed by atoms with E-state index in [2.05, 4.69) is 6.92 Å². The van der Waals surface area contributed by atoms with Gasteiger partial charge in [-0.3, -0.25) is 14.5 Å². The van der Waals surface area contributed by atoms with Crippen LogP contribution in [0.4, 0.5) is 0 Å². The molecule has 1 aromatic carbocycles. The zero-order valence-electron chi connectivity index (χ0n) is 15.2. The molecule has 0 atom stereocenters. The maximum Gasteiger partial charge on any atom is 0.319 e. The maximum absolute atomic E-state index is 12.7. The van der Waals surface area contributed by atoms with Gasteiger partial charge in [0.25, 0.3) is 5.91 Å². The Labute approximate surface area is 149 Å². The lowest BCUT2D eigenvalue weighted by molar-refractivity contribution is -0.141. The van der Waals surface area contributed by atoms with Gasteiger partial charge in [-0.2, -0.15) is 0 Å². The normalized spacial score (nSPS) is 15.5. The minimum Gasteiger partial charge on any atom is -0.494 e. The van der Waals surface area contributed by atoms with E-state index >= 15 is 0 Å². The molecule has 0 bridgehead atoms. The highest BCUT2D eigenvalue weighted by atomic mass is 16.5. The van der Waals surface area contributed by atoms with Gasteiger partial charge in [0.05, 0.1) is 20.3 Å². The quantitative estimate of drug-likeness (QED) is 0.558. The summed E-state index contributed by atoms with van der Waals surface area (Å²) in [5.74, 6) is 0.587. The molecule has 0 spiro atoms. The molecule has 0 aliphatic carbocycles. The van der Waals surface area contributed by atoms with Gasteiger partial charge in [0.15, 0.2) is 0 Å². The predicted octanol–water partition coefficient (Wildman–Crippen LogP) is 2.19. The Morgan fingerprint density at radius 3 is 2.52 bits per heavy atom. The molecule has 1 heterocycles. The number of unbranched alkanes of at least 4 members (excludes halogenated alkanes) is 1. The lowest BCUT2D eigenvalue weighted by Gasteiger charge is -2.21. The molecule has 0 saturated carbocycles. The summed E-state index contributed by atoms with van der Waals surface area (Å²) in [6, 6.07) is 7.34. The Bertz CT molecular complexity index is 559. The van der Waals surface area contributed by atoms with Crippen molar-refractivity contribution < 1.29 is 19.1 Å². The standard InChI is InChI=1S/C19H28N2O4/c1-3-4-14-25-17-8-6-16(7-9-17)19(23)21-11-5-10-20(12-13-21)15-18(22)24-2/h6-9H,3-5,10-15H2,1-2H3. The molecule has 138 valence electrons. The smallest absolute Gasteiger partial charge is 0.319 e. The second kappa shape index (κ2) is 10.0. The van der Waals surface area contributed by atoms with Gasteiger partial charge in [-0.1, -0.05) is 13.3 Å². The van der Waals surface area contributed by atoms with Crippen LogP contribution in [0.3, 0.4) is 0 Å². The molecule has 25 heavy (non-hydrogen) atoms. The molecular formula is C19H28N2O4. The lowest BCUT2D eigenvalue weighted by atomic mass is 10.2. The Hall–Kier alpha value is -2.08. The van der Waals surface area contributed by atoms with Crippen LogP contribution in [-0.2, 0) is 9.53 Å². The van der Waals surface area contributed by atoms with Gasteiger partial charge in [-0.05, 0) is 37.1 Å². The van der Waals surface area contributed by atoms with Crippen molar-refractivity contribution >= 4 is 11.9 Å². The molecule has 1 aliphatic heterocycles. The second-order valence-electron chi connectivity index (χ2n) is 6.22. The first-order valence-electron chi connectivity index (χ1n) is 8.95. The van der Waals surface area contributed by atoms with Gasteiger partial charge in [0.1, 0.15) is 5.75 Å². The summed E-state index contributed by atoms with van der Waals surface area (Å²) in [7, 11) is 1.39. The molecule has 0 radical (unpaired) electrons. The molecule has 6 nitrogen and oxygen atoms in total. The number of ether oxygens (including phenoxy) is 2. The van der Waals surface area contributed by atoms with Crippen molar-refractivity contribution in [3.8, 4) is 5.75 Å². The third kappa shape index (κ3) is 6.05. The minimum absolute atomic E-state index is 0.0278. The number of benzene rings is 1. The molecule has 0 N–H and O–H groups in total. The SMILES string of the molecule is CCCCOc1ccc(C(=O)N2CCCN(CC(=O)OC)CC2)cc1. The summed E-state index contributed by atoms with van der Waals surface area (Å²) in [6.07, 6.45) is 2.97. The molecule has 1 saturated heterocycles. The second-order valence-corrected chi connectivity index (χ2v) is 6.22. The van der Waals surface area contributed by atoms with E-state index in [4.69, 9.17) is 9.47 Å². The number of carbonyl (C=O) groups is 2. The van der Waals surface area contributed by atoms with Crippen LogP contribution < -0.4 is 4.74 Å². The summed E-state index contributed by atoms with van der Waals surface area (Å²) in [4.78, 5) is 28.0. The Balaban J connectivity index is 1.88. The van der Waals surface area contributed by atoms with E-state index < -0.39 is 0 Å². The van der Waals surface area contributed by atoms with Crippen molar-refractivity contribution in [2.24, 2.45) is 0 Å². The number of nitrogens with zero attached hydrogens (tertiary/aromatic N) is 2. The monoisotopic (exact) mass is 348 g/mol. The average molecular weight is 348 g/mol. The van der Waals surface area contributed by atoms with Gasteiger partial charge in [0.2, 0.25) is 0 Å². The third-order valence-electron chi connectivity index (χ3n) is 4.32. The molecule has 0 aromatic heterocycles. The highest BCUT2D eigenvalue weighted by Crippen LogP contribution is 2.15. The number of methoxy groups -OCH3 is 1. The number of rotatable bonds is 7. The summed E-state index contributed by atoms with van der Waals surface area (Å²) < 4.78 is 10.3. The van der Waals surface area contributed by atoms with E-state index in [1.165, 1.54) is 7.11 Å². The fourth-order valence-electron chi connectivity index (χ4n) is 2.79. The maximum atomic E-state index is 12.7. The lowest BCUT2D eigenvalue weighted by Crippen LogP contribution is -2.37. The van der Waals surface area contributed by atoms with Crippen molar-refractivity contribution in [1.29, 1.82) is 0 Å². The van der Waals surface area contributed by atoms with Crippen molar-refractivity contribution in [3.05, 3.63) is 29.8 Å². The van der Waals surface area contributed by atoms with Crippen LogP contribution >= 0.6 is 0 Å². The highest BCUT2D eigenvalue weighted by molar-refractivity contribution is 5.94. The van der Waals surface area contributed by atoms with E-state index in [1.807, 2.05) is 34.1 Å². The molecule has 1 amide bonds. The van der Waals surface area contributed by atoms with Crippen LogP contribution in [0.5, 0.6) is 5.75 Å². The van der Waals surface area contributed by atoms with Crippen molar-refractivity contribution in [2.45, 2.75) is 26.2 Å². The molecule has 1 aliphatic rings. The molecule has 0 unspecified atom stereocenters. The topological polar surface area (TPSA) is 59.1 Å². The zero-order chi connectivity index (χ0) is 18.1. The van der Waals surface area contributed by atoms with Crippen molar-refractivity contribution in [1.82, 2.24) is 9.80 Å². The van der Waals surface area contributed by atoms with Gasteiger partial charge >= 0.3 is 5.97 Å². The fourth-order valence-corrected chi connectivity index (χ4v) is 2.79. The summed E-state index contributed by atoms with van der Waals surface area (Å²) in [5.41, 5.74) is 0.671. The van der Waals surface area contributed by atoms with Gasteiger partial charge < -0.3 is 14.4 Å². The molecule has 2 rings (SSSR count). The molecule has 1 fully saturated rings. The van der Waals surface area contributed by atoms with E-state index in [0.717, 1.165) is 31.6 Å². The Kier molecular flexibility index (Phi) is 7.73. The largest absolute Gasteiger partial charge is 0.494 e. The molecule has 1 aromatic rings. The van der Waals surface area contributed by atoms with Crippen LogP contribution in [0.25, 0.3) is 0 Å². The molecular weight excluding hydrogens is 320 g/mol. The highest BCUT2D eigenvalue weighted by Gasteiger charge is 2.21. The number of carbonyl (C=O) groups excluding carboxylic acids is 2. The average Bonchev–Trinajstić information content (AvgIpc) is 2.87. The molecule has 6 heteroatoms. The number of hydrogen-bond donors (Lipinski definition) is 0. The van der Waals surface area contributed by atoms with Crippen LogP contribution in [-0.4, -0.2) is 68.1 Å². The predicted molar refractivity (Wildman–Crippen MR) is 95.8 cm³/mol. The van der Waals surface area contributed by atoms with E-state index in [-0.39, 0.29) is 18.4 Å². The summed E-state index contributed by atoms with van der Waals surface area (Å²) >= 11 is 0. The van der Waals surface area contributed by atoms with Crippen LogP contribution in [0.1, 0.15) is 36.5 Å². The summed E-state index contributed by atoms with van der Waals surface area (Å²) in [6.45, 7) is 5.89. The number of hydrogen-bond acceptors (Lipinski definition) is 5. The van der Waals surface area contributed by atoms with Gasteiger partial charge in [-0.25, -0.2) is 0 Å². The van der Waals surface area contributed by atoms with Crippen molar-refractivity contribution in [2.75, 3.05) is 46.4 Å². The first-order chi connectivity index (χ1) is 12.1. The summed E-state index contributed by atoms with van der Waals surface area (Å²) in [5, 5.41) is 0. The van der Waals surface area contributed by atoms with Crippen molar-refractivity contribution in [3.63, 3.8) is 0 Å². The van der Waals surface area contributed by atoms with Gasteiger partial charge in [0, 0.05) is 31.7 Å². The fraction of sp³-hybridized carbons (Fsp3) is 0.579. The van der Waals surface area contributed by atoms with E-state index in [1.54, 1.807) is 0 Å². The van der Waals surface area contributed by atoms with E-state index in [9.17, 15) is 9.59 Å². The minimum atomic E-state index is -0.238. The Morgan fingerprint density at radius 2 is 1.84 bits per heavy atom. The zero-order valence-corrected chi connectivity index (χ0v) is 15.2. The number of amides is 1. The third-order valence-corrected chi connectivity index (χ3v) is 4.32. The first-order valence-corrected chi connectivity index (χ1v) is 8.95. The van der Waals surface area contributed by atoms with Crippen LogP contribution in [0.15, 0.2) is 24.3 Å². The van der Waals surface area contributed by atoms with Crippen LogP contribution in [0.2, 0.25) is 0 Å². The number of esters is 1. The first kappa shape index (κ1) is 19.2. The van der Waals surface area contributed by atoms with Gasteiger partial charge in [-0.15, -0.1) is 0 Å². The Morgan fingerprint density at radius 1 is 1.08 bits per heavy atom. The van der Waals surface area contributed by atoms with E-state index in [0.29, 0.717) is 31.8 Å².